The highest BCUT2D eigenvalue weighted by atomic mass is 32.1. The number of hydrogen-bond acceptors (Lipinski definition) is 5. The summed E-state index contributed by atoms with van der Waals surface area (Å²) in [5.74, 6) is -1.19. The van der Waals surface area contributed by atoms with Crippen molar-refractivity contribution in [2.75, 3.05) is 6.54 Å². The van der Waals surface area contributed by atoms with Gasteiger partial charge in [-0.05, 0) is 41.7 Å². The maximum Gasteiger partial charge on any atom is 0.304 e. The van der Waals surface area contributed by atoms with Crippen LogP contribution in [0.1, 0.15) is 28.1 Å². The van der Waals surface area contributed by atoms with Gasteiger partial charge in [0.15, 0.2) is 0 Å². The number of fused-ring (bicyclic) bond motifs is 2. The average Bonchev–Trinajstić information content (AvgIpc) is 3.30. The molecule has 1 aromatic heterocycles. The lowest BCUT2D eigenvalue weighted by Crippen LogP contribution is -2.43. The summed E-state index contributed by atoms with van der Waals surface area (Å²) in [6, 6.07) is 13.8. The molecule has 1 heterocycles. The van der Waals surface area contributed by atoms with Gasteiger partial charge in [0.25, 0.3) is 0 Å². The number of nitrogens with zero attached hydrogens (tertiary/aromatic N) is 1. The molecule has 7 heteroatoms. The maximum atomic E-state index is 13.1. The van der Waals surface area contributed by atoms with Gasteiger partial charge in [-0.15, -0.1) is 11.3 Å². The van der Waals surface area contributed by atoms with E-state index in [4.69, 9.17) is 5.73 Å². The minimum absolute atomic E-state index is 0.190. The molecule has 154 valence electrons. The predicted molar refractivity (Wildman–Crippen MR) is 118 cm³/mol. The summed E-state index contributed by atoms with van der Waals surface area (Å²) >= 11 is 1.52. The Morgan fingerprint density at radius 2 is 1.93 bits per heavy atom. The molecule has 0 spiro atoms. The molecule has 4 N–H and O–H groups in total. The zero-order chi connectivity index (χ0) is 21.1. The van der Waals surface area contributed by atoms with Crippen LogP contribution in [-0.2, 0) is 29.0 Å². The molecule has 0 saturated carbocycles. The summed E-state index contributed by atoms with van der Waals surface area (Å²) < 4.78 is 1.04. The first-order valence-electron chi connectivity index (χ1n) is 9.82. The van der Waals surface area contributed by atoms with E-state index in [0.717, 1.165) is 31.9 Å². The fourth-order valence-electron chi connectivity index (χ4n) is 4.07. The van der Waals surface area contributed by atoms with Crippen LogP contribution in [0.15, 0.2) is 48.5 Å². The number of thiazole rings is 1. The van der Waals surface area contributed by atoms with Gasteiger partial charge in [-0.2, -0.15) is 0 Å². The first kappa shape index (κ1) is 20.3. The topological polar surface area (TPSA) is 105 Å². The minimum Gasteiger partial charge on any atom is -0.481 e. The molecule has 6 nitrogen and oxygen atoms in total. The van der Waals surface area contributed by atoms with Gasteiger partial charge in [-0.25, -0.2) is 4.98 Å². The number of rotatable bonds is 7. The van der Waals surface area contributed by atoms with Crippen molar-refractivity contribution in [2.24, 2.45) is 11.1 Å². The van der Waals surface area contributed by atoms with Crippen LogP contribution in [0.25, 0.3) is 16.3 Å². The largest absolute Gasteiger partial charge is 0.481 e. The molecule has 1 aliphatic carbocycles. The number of hydrogen-bond donors (Lipinski definition) is 3. The second kappa shape index (κ2) is 8.38. The Morgan fingerprint density at radius 3 is 2.60 bits per heavy atom. The van der Waals surface area contributed by atoms with E-state index in [-0.39, 0.29) is 18.9 Å². The van der Waals surface area contributed by atoms with Gasteiger partial charge in [0, 0.05) is 6.54 Å². The number of aliphatic carboxylic acids is 1. The monoisotopic (exact) mass is 421 g/mol. The lowest BCUT2D eigenvalue weighted by molar-refractivity contribution is -0.145. The van der Waals surface area contributed by atoms with E-state index in [2.05, 4.69) is 10.3 Å². The summed E-state index contributed by atoms with van der Waals surface area (Å²) in [5, 5.41) is 13.2. The molecule has 0 fully saturated rings. The molecule has 1 amide bonds. The van der Waals surface area contributed by atoms with Gasteiger partial charge >= 0.3 is 5.97 Å². The molecule has 0 radical (unpaired) electrons. The van der Waals surface area contributed by atoms with Crippen LogP contribution in [0, 0.1) is 5.41 Å². The van der Waals surface area contributed by atoms with Gasteiger partial charge in [0.2, 0.25) is 5.91 Å². The molecular weight excluding hydrogens is 398 g/mol. The van der Waals surface area contributed by atoms with E-state index >= 15 is 0 Å². The standard InChI is InChI=1S/C23H23N3O3S/c24-9-3-4-15-7-8-19-18(10-15)26-20(30-19)14-25-22(29)23(13-21(27)28)11-16-5-1-2-6-17(16)12-23/h1-8,10H,9,11-14,24H2,(H,25,29)(H,27,28). The zero-order valence-electron chi connectivity index (χ0n) is 16.4. The van der Waals surface area contributed by atoms with Crippen molar-refractivity contribution in [3.63, 3.8) is 0 Å². The molecule has 3 aromatic rings. The number of benzene rings is 2. The Kier molecular flexibility index (Phi) is 5.65. The Morgan fingerprint density at radius 1 is 1.20 bits per heavy atom. The number of aromatic nitrogens is 1. The van der Waals surface area contributed by atoms with Crippen molar-refractivity contribution in [1.82, 2.24) is 10.3 Å². The van der Waals surface area contributed by atoms with Crippen molar-refractivity contribution in [3.8, 4) is 0 Å². The molecular formula is C23H23N3O3S. The fraction of sp³-hybridized carbons (Fsp3) is 0.261. The lowest BCUT2D eigenvalue weighted by atomic mass is 9.80. The van der Waals surface area contributed by atoms with Crippen LogP contribution in [0.5, 0.6) is 0 Å². The number of nitrogens with one attached hydrogen (secondary N) is 1. The van der Waals surface area contributed by atoms with Crippen LogP contribution < -0.4 is 11.1 Å². The molecule has 2 aromatic carbocycles. The second-order valence-corrected chi connectivity index (χ2v) is 8.74. The maximum absolute atomic E-state index is 13.1. The van der Waals surface area contributed by atoms with Crippen molar-refractivity contribution in [1.29, 1.82) is 0 Å². The molecule has 30 heavy (non-hydrogen) atoms. The first-order chi connectivity index (χ1) is 14.5. The van der Waals surface area contributed by atoms with Crippen molar-refractivity contribution >= 4 is 39.5 Å². The third-order valence-corrected chi connectivity index (χ3v) is 6.49. The Bertz CT molecular complexity index is 1110. The van der Waals surface area contributed by atoms with Crippen LogP contribution in [0.2, 0.25) is 0 Å². The molecule has 0 atom stereocenters. The third kappa shape index (κ3) is 4.13. The summed E-state index contributed by atoms with van der Waals surface area (Å²) in [7, 11) is 0. The van der Waals surface area contributed by atoms with E-state index in [1.807, 2.05) is 54.6 Å². The lowest BCUT2D eigenvalue weighted by Gasteiger charge is -2.25. The van der Waals surface area contributed by atoms with Gasteiger partial charge in [-0.3, -0.25) is 9.59 Å². The first-order valence-corrected chi connectivity index (χ1v) is 10.6. The second-order valence-electron chi connectivity index (χ2n) is 7.63. The molecule has 0 bridgehead atoms. The summed E-state index contributed by atoms with van der Waals surface area (Å²) in [6.45, 7) is 0.762. The SMILES string of the molecule is NCC=Cc1ccc2sc(CNC(=O)C3(CC(=O)O)Cc4ccccc4C3)nc2c1. The number of nitrogens with two attached hydrogens (primary N) is 1. The number of carbonyl (C=O) groups excluding carboxylic acids is 1. The van der Waals surface area contributed by atoms with E-state index in [9.17, 15) is 14.7 Å². The van der Waals surface area contributed by atoms with Gasteiger partial charge in [-0.1, -0.05) is 42.5 Å². The molecule has 1 aliphatic rings. The van der Waals surface area contributed by atoms with Crippen molar-refractivity contribution in [2.45, 2.75) is 25.8 Å². The molecule has 4 rings (SSSR count). The average molecular weight is 422 g/mol. The van der Waals surface area contributed by atoms with Crippen LogP contribution in [-0.4, -0.2) is 28.5 Å². The van der Waals surface area contributed by atoms with Crippen molar-refractivity contribution < 1.29 is 14.7 Å². The van der Waals surface area contributed by atoms with Gasteiger partial charge < -0.3 is 16.2 Å². The smallest absolute Gasteiger partial charge is 0.304 e. The third-order valence-electron chi connectivity index (χ3n) is 5.45. The van der Waals surface area contributed by atoms with E-state index < -0.39 is 11.4 Å². The number of carbonyl (C=O) groups is 2. The van der Waals surface area contributed by atoms with Crippen LogP contribution >= 0.6 is 11.3 Å². The van der Waals surface area contributed by atoms with Crippen molar-refractivity contribution in [3.05, 3.63) is 70.2 Å². The minimum atomic E-state index is -0.962. The summed E-state index contributed by atoms with van der Waals surface area (Å²) in [4.78, 5) is 29.3. The molecule has 0 unspecified atom stereocenters. The number of carboxylic acid groups (broad SMARTS) is 1. The van der Waals surface area contributed by atoms with Gasteiger partial charge in [0.05, 0.1) is 28.6 Å². The number of carboxylic acids is 1. The van der Waals surface area contributed by atoms with Gasteiger partial charge in [0.1, 0.15) is 5.01 Å². The molecule has 0 saturated heterocycles. The summed E-state index contributed by atoms with van der Waals surface area (Å²) in [6.07, 6.45) is 4.53. The van der Waals surface area contributed by atoms with Crippen LogP contribution in [0.3, 0.4) is 0 Å². The molecule has 0 aliphatic heterocycles. The number of amides is 1. The van der Waals surface area contributed by atoms with E-state index in [0.29, 0.717) is 19.4 Å². The Balaban J connectivity index is 1.50. The Labute approximate surface area is 178 Å². The predicted octanol–water partition coefficient (Wildman–Crippen LogP) is 3.14. The highest BCUT2D eigenvalue weighted by Crippen LogP contribution is 2.40. The highest BCUT2D eigenvalue weighted by Gasteiger charge is 2.45. The summed E-state index contributed by atoms with van der Waals surface area (Å²) in [5.41, 5.74) is 8.55. The fourth-order valence-corrected chi connectivity index (χ4v) is 4.96. The quantitative estimate of drug-likeness (QED) is 0.544. The van der Waals surface area contributed by atoms with E-state index in [1.165, 1.54) is 11.3 Å². The van der Waals surface area contributed by atoms with Crippen LogP contribution in [0.4, 0.5) is 0 Å². The Hall–Kier alpha value is -3.03. The van der Waals surface area contributed by atoms with E-state index in [1.54, 1.807) is 0 Å². The zero-order valence-corrected chi connectivity index (χ0v) is 17.2. The normalized spacial score (nSPS) is 14.8. The highest BCUT2D eigenvalue weighted by molar-refractivity contribution is 7.18.